The summed E-state index contributed by atoms with van der Waals surface area (Å²) in [6.45, 7) is 0.188. The summed E-state index contributed by atoms with van der Waals surface area (Å²) in [4.78, 5) is 0. The molecule has 4 nitrogen and oxygen atoms in total. The molecular weight excluding hydrogens is 269 g/mol. The lowest BCUT2D eigenvalue weighted by atomic mass is 10.2. The van der Waals surface area contributed by atoms with Gasteiger partial charge in [-0.3, -0.25) is 0 Å². The van der Waals surface area contributed by atoms with E-state index in [0.29, 0.717) is 17.7 Å². The maximum atomic E-state index is 13.4. The van der Waals surface area contributed by atoms with E-state index in [0.717, 1.165) is 0 Å². The van der Waals surface area contributed by atoms with Crippen molar-refractivity contribution in [3.63, 3.8) is 0 Å². The summed E-state index contributed by atoms with van der Waals surface area (Å²) in [6, 6.07) is 4.08. The Morgan fingerprint density at radius 1 is 1.42 bits per heavy atom. The second-order valence-electron chi connectivity index (χ2n) is 4.32. The highest BCUT2D eigenvalue weighted by molar-refractivity contribution is 7.91. The molecular formula is C13H14FNO3S. The highest BCUT2D eigenvalue weighted by Crippen LogP contribution is 2.22. The van der Waals surface area contributed by atoms with Crippen molar-refractivity contribution in [1.82, 2.24) is 0 Å². The van der Waals surface area contributed by atoms with Gasteiger partial charge in [0.25, 0.3) is 0 Å². The number of halogens is 1. The van der Waals surface area contributed by atoms with Crippen molar-refractivity contribution >= 4 is 9.84 Å². The van der Waals surface area contributed by atoms with Crippen LogP contribution in [0, 0.1) is 17.7 Å². The van der Waals surface area contributed by atoms with Crippen molar-refractivity contribution in [2.24, 2.45) is 5.73 Å². The maximum absolute atomic E-state index is 13.4. The summed E-state index contributed by atoms with van der Waals surface area (Å²) in [6.07, 6.45) is 0.0185. The Bertz CT molecular complexity index is 631. The van der Waals surface area contributed by atoms with Crippen LogP contribution < -0.4 is 10.5 Å². The molecule has 1 atom stereocenters. The van der Waals surface area contributed by atoms with E-state index in [2.05, 4.69) is 11.8 Å². The number of hydrogen-bond acceptors (Lipinski definition) is 4. The van der Waals surface area contributed by atoms with E-state index in [1.54, 1.807) is 6.07 Å². The summed E-state index contributed by atoms with van der Waals surface area (Å²) >= 11 is 0. The van der Waals surface area contributed by atoms with Crippen LogP contribution in [0.25, 0.3) is 0 Å². The topological polar surface area (TPSA) is 69.4 Å². The largest absolute Gasteiger partial charge is 0.489 e. The third-order valence-corrected chi connectivity index (χ3v) is 4.44. The third-order valence-electron chi connectivity index (χ3n) is 2.70. The Morgan fingerprint density at radius 2 is 2.21 bits per heavy atom. The Balaban J connectivity index is 2.14. The molecule has 0 aromatic heterocycles. The van der Waals surface area contributed by atoms with Crippen LogP contribution in [0.5, 0.6) is 5.75 Å². The minimum Gasteiger partial charge on any atom is -0.489 e. The molecule has 0 saturated carbocycles. The van der Waals surface area contributed by atoms with Gasteiger partial charge in [-0.15, -0.1) is 0 Å². The SMILES string of the molecule is NCC#Cc1cc(F)cc(OC2CCS(=O)(=O)C2)c1. The first-order valence-electron chi connectivity index (χ1n) is 5.85. The molecule has 1 fully saturated rings. The van der Waals surface area contributed by atoms with Crippen LogP contribution in [0.4, 0.5) is 4.39 Å². The Hall–Kier alpha value is -1.58. The molecule has 102 valence electrons. The molecule has 1 unspecified atom stereocenters. The van der Waals surface area contributed by atoms with E-state index in [-0.39, 0.29) is 18.1 Å². The van der Waals surface area contributed by atoms with Gasteiger partial charge in [-0.25, -0.2) is 12.8 Å². The van der Waals surface area contributed by atoms with Gasteiger partial charge in [-0.1, -0.05) is 11.8 Å². The van der Waals surface area contributed by atoms with E-state index in [1.807, 2.05) is 0 Å². The van der Waals surface area contributed by atoms with Crippen LogP contribution in [0.3, 0.4) is 0 Å². The molecule has 0 spiro atoms. The zero-order valence-corrected chi connectivity index (χ0v) is 11.0. The molecule has 1 aromatic carbocycles. The van der Waals surface area contributed by atoms with Gasteiger partial charge < -0.3 is 10.5 Å². The smallest absolute Gasteiger partial charge is 0.154 e. The van der Waals surface area contributed by atoms with Crippen LogP contribution in [0.2, 0.25) is 0 Å². The first-order chi connectivity index (χ1) is 8.98. The fourth-order valence-electron chi connectivity index (χ4n) is 1.90. The van der Waals surface area contributed by atoms with Crippen LogP contribution >= 0.6 is 0 Å². The summed E-state index contributed by atoms with van der Waals surface area (Å²) in [5.41, 5.74) is 5.71. The average Bonchev–Trinajstić information content (AvgIpc) is 2.65. The summed E-state index contributed by atoms with van der Waals surface area (Å²) in [5.74, 6) is 5.26. The average molecular weight is 283 g/mol. The van der Waals surface area contributed by atoms with E-state index in [4.69, 9.17) is 10.5 Å². The third kappa shape index (κ3) is 3.94. The number of nitrogens with two attached hydrogens (primary N) is 1. The van der Waals surface area contributed by atoms with Crippen molar-refractivity contribution in [3.8, 4) is 17.6 Å². The zero-order valence-electron chi connectivity index (χ0n) is 10.2. The quantitative estimate of drug-likeness (QED) is 0.811. The first kappa shape index (κ1) is 13.8. The number of sulfone groups is 1. The fourth-order valence-corrected chi connectivity index (χ4v) is 3.49. The minimum absolute atomic E-state index is 0.0205. The highest BCUT2D eigenvalue weighted by atomic mass is 32.2. The van der Waals surface area contributed by atoms with E-state index in [1.165, 1.54) is 12.1 Å². The number of rotatable bonds is 2. The van der Waals surface area contributed by atoms with Gasteiger partial charge in [0.1, 0.15) is 17.7 Å². The van der Waals surface area contributed by atoms with Gasteiger partial charge >= 0.3 is 0 Å². The van der Waals surface area contributed by atoms with Crippen molar-refractivity contribution in [1.29, 1.82) is 0 Å². The van der Waals surface area contributed by atoms with Crippen molar-refractivity contribution in [2.75, 3.05) is 18.1 Å². The minimum atomic E-state index is -3.01. The standard InChI is InChI=1S/C13H14FNO3S/c14-11-6-10(2-1-4-15)7-13(8-11)18-12-3-5-19(16,17)9-12/h6-8,12H,3-5,9,15H2. The van der Waals surface area contributed by atoms with Gasteiger partial charge in [0.2, 0.25) is 0 Å². The number of benzene rings is 1. The first-order valence-corrected chi connectivity index (χ1v) is 7.67. The lowest BCUT2D eigenvalue weighted by Gasteiger charge is -2.12. The van der Waals surface area contributed by atoms with Gasteiger partial charge in [0, 0.05) is 11.6 Å². The van der Waals surface area contributed by atoms with Crippen molar-refractivity contribution < 1.29 is 17.5 Å². The Labute approximate surface area is 111 Å². The second kappa shape index (κ2) is 5.59. The fraction of sp³-hybridized carbons (Fsp3) is 0.385. The number of ether oxygens (including phenoxy) is 1. The predicted octanol–water partition coefficient (Wildman–Crippen LogP) is 0.702. The zero-order chi connectivity index (χ0) is 13.9. The predicted molar refractivity (Wildman–Crippen MR) is 70.0 cm³/mol. The normalized spacial score (nSPS) is 20.6. The molecule has 0 amide bonds. The summed E-state index contributed by atoms with van der Waals surface area (Å²) < 4.78 is 41.5. The molecule has 2 rings (SSSR count). The highest BCUT2D eigenvalue weighted by Gasteiger charge is 2.29. The maximum Gasteiger partial charge on any atom is 0.154 e. The summed E-state index contributed by atoms with van der Waals surface area (Å²) in [5, 5.41) is 0. The Kier molecular flexibility index (Phi) is 4.08. The molecule has 6 heteroatoms. The van der Waals surface area contributed by atoms with Crippen molar-refractivity contribution in [2.45, 2.75) is 12.5 Å². The van der Waals surface area contributed by atoms with Gasteiger partial charge in [-0.2, -0.15) is 0 Å². The number of hydrogen-bond donors (Lipinski definition) is 1. The van der Waals surface area contributed by atoms with E-state index >= 15 is 0 Å². The molecule has 1 heterocycles. The molecule has 2 N–H and O–H groups in total. The lowest BCUT2D eigenvalue weighted by Crippen LogP contribution is -2.17. The Morgan fingerprint density at radius 3 is 2.84 bits per heavy atom. The molecule has 1 saturated heterocycles. The second-order valence-corrected chi connectivity index (χ2v) is 6.55. The summed E-state index contributed by atoms with van der Waals surface area (Å²) in [7, 11) is -3.01. The monoisotopic (exact) mass is 283 g/mol. The van der Waals surface area contributed by atoms with Crippen LogP contribution in [-0.2, 0) is 9.84 Å². The molecule has 1 aliphatic heterocycles. The van der Waals surface area contributed by atoms with Crippen LogP contribution in [0.15, 0.2) is 18.2 Å². The lowest BCUT2D eigenvalue weighted by molar-refractivity contribution is 0.228. The molecule has 0 radical (unpaired) electrons. The van der Waals surface area contributed by atoms with Gasteiger partial charge in [-0.05, 0) is 18.6 Å². The molecule has 0 bridgehead atoms. The molecule has 1 aliphatic rings. The van der Waals surface area contributed by atoms with Crippen LogP contribution in [-0.4, -0.2) is 32.6 Å². The molecule has 1 aromatic rings. The van der Waals surface area contributed by atoms with Gasteiger partial charge in [0.15, 0.2) is 9.84 Å². The van der Waals surface area contributed by atoms with Crippen LogP contribution in [0.1, 0.15) is 12.0 Å². The molecule has 0 aliphatic carbocycles. The van der Waals surface area contributed by atoms with E-state index in [9.17, 15) is 12.8 Å². The molecule has 19 heavy (non-hydrogen) atoms. The van der Waals surface area contributed by atoms with E-state index < -0.39 is 21.8 Å². The van der Waals surface area contributed by atoms with Gasteiger partial charge in [0.05, 0.1) is 18.1 Å². The van der Waals surface area contributed by atoms with Crippen molar-refractivity contribution in [3.05, 3.63) is 29.6 Å².